The third-order valence-electron chi connectivity index (χ3n) is 1.38. The fraction of sp³-hybridized carbons (Fsp3) is 0.833. The molecule has 0 saturated heterocycles. The Morgan fingerprint density at radius 1 is 1.67 bits per heavy atom. The van der Waals surface area contributed by atoms with Crippen molar-refractivity contribution < 1.29 is 0 Å². The molecule has 1 aliphatic heterocycles. The minimum Gasteiger partial charge on any atom is -0.293 e. The highest BCUT2D eigenvalue weighted by Gasteiger charge is 2.13. The number of hydrazone groups is 1. The Balaban J connectivity index is 2.47. The van der Waals surface area contributed by atoms with Crippen LogP contribution in [-0.2, 0) is 0 Å². The van der Waals surface area contributed by atoms with Gasteiger partial charge in [-0.05, 0) is 29.8 Å². The molecule has 0 spiro atoms. The molecule has 0 unspecified atom stereocenters. The quantitative estimate of drug-likeness (QED) is 0.617. The van der Waals surface area contributed by atoms with Crippen LogP contribution in [0.15, 0.2) is 5.10 Å². The molecule has 0 saturated carbocycles. The molecule has 0 aromatic carbocycles. The minimum atomic E-state index is 0.542. The molecule has 1 rings (SSSR count). The SMILES string of the molecule is CC(C)N1CCC(Br)=N1. The summed E-state index contributed by atoms with van der Waals surface area (Å²) in [6, 6.07) is 0.542. The topological polar surface area (TPSA) is 15.6 Å². The van der Waals surface area contributed by atoms with Gasteiger partial charge in [0.15, 0.2) is 0 Å². The van der Waals surface area contributed by atoms with Gasteiger partial charge in [-0.15, -0.1) is 0 Å². The second-order valence-corrected chi connectivity index (χ2v) is 3.40. The van der Waals surface area contributed by atoms with E-state index in [0.29, 0.717) is 6.04 Å². The first-order valence-electron chi connectivity index (χ1n) is 3.20. The molecule has 0 N–H and O–H groups in total. The molecule has 0 bridgehead atoms. The van der Waals surface area contributed by atoms with Crippen molar-refractivity contribution in [3.05, 3.63) is 0 Å². The van der Waals surface area contributed by atoms with Crippen molar-refractivity contribution in [2.45, 2.75) is 26.3 Å². The molecule has 0 amide bonds. The van der Waals surface area contributed by atoms with Crippen LogP contribution in [0.4, 0.5) is 0 Å². The van der Waals surface area contributed by atoms with E-state index in [1.807, 2.05) is 0 Å². The third-order valence-corrected chi connectivity index (χ3v) is 1.94. The molecule has 0 aromatic rings. The van der Waals surface area contributed by atoms with E-state index >= 15 is 0 Å². The van der Waals surface area contributed by atoms with E-state index in [0.717, 1.165) is 17.6 Å². The van der Waals surface area contributed by atoms with Gasteiger partial charge in [-0.2, -0.15) is 5.10 Å². The molecule has 0 aliphatic carbocycles. The first kappa shape index (κ1) is 7.06. The maximum atomic E-state index is 4.25. The van der Waals surface area contributed by atoms with Gasteiger partial charge in [-0.1, -0.05) is 0 Å². The monoisotopic (exact) mass is 190 g/mol. The molecular formula is C6H11BrN2. The van der Waals surface area contributed by atoms with Crippen molar-refractivity contribution in [2.24, 2.45) is 5.10 Å². The molecule has 3 heteroatoms. The van der Waals surface area contributed by atoms with Crippen LogP contribution >= 0.6 is 15.9 Å². The molecule has 52 valence electrons. The smallest absolute Gasteiger partial charge is 0.105 e. The van der Waals surface area contributed by atoms with E-state index < -0.39 is 0 Å². The molecule has 1 aliphatic rings. The van der Waals surface area contributed by atoms with Crippen LogP contribution in [0.3, 0.4) is 0 Å². The first-order chi connectivity index (χ1) is 4.20. The number of halogens is 1. The fourth-order valence-electron chi connectivity index (χ4n) is 0.820. The van der Waals surface area contributed by atoms with E-state index in [-0.39, 0.29) is 0 Å². The van der Waals surface area contributed by atoms with Crippen molar-refractivity contribution in [3.63, 3.8) is 0 Å². The molecule has 2 nitrogen and oxygen atoms in total. The summed E-state index contributed by atoms with van der Waals surface area (Å²) in [5, 5.41) is 6.34. The van der Waals surface area contributed by atoms with Crippen LogP contribution in [0.1, 0.15) is 20.3 Å². The van der Waals surface area contributed by atoms with Gasteiger partial charge in [0.2, 0.25) is 0 Å². The second kappa shape index (κ2) is 2.69. The van der Waals surface area contributed by atoms with E-state index in [4.69, 9.17) is 0 Å². The predicted octanol–water partition coefficient (Wildman–Crippen LogP) is 1.81. The molecule has 1 heterocycles. The van der Waals surface area contributed by atoms with Gasteiger partial charge in [-0.3, -0.25) is 5.01 Å². The summed E-state index contributed by atoms with van der Waals surface area (Å²) in [6.07, 6.45) is 1.07. The van der Waals surface area contributed by atoms with Gasteiger partial charge in [-0.25, -0.2) is 0 Å². The lowest BCUT2D eigenvalue weighted by atomic mass is 10.4. The number of nitrogens with zero attached hydrogens (tertiary/aromatic N) is 2. The Labute approximate surface area is 64.1 Å². The molecule has 0 fully saturated rings. The zero-order valence-electron chi connectivity index (χ0n) is 5.76. The van der Waals surface area contributed by atoms with Crippen LogP contribution in [0.5, 0.6) is 0 Å². The Kier molecular flexibility index (Phi) is 2.11. The van der Waals surface area contributed by atoms with Crippen molar-refractivity contribution in [1.82, 2.24) is 5.01 Å². The van der Waals surface area contributed by atoms with E-state index in [2.05, 4.69) is 39.9 Å². The number of hydrogen-bond acceptors (Lipinski definition) is 2. The Hall–Kier alpha value is -0.0500. The summed E-state index contributed by atoms with van der Waals surface area (Å²) in [6.45, 7) is 5.36. The zero-order chi connectivity index (χ0) is 6.85. The Bertz CT molecular complexity index is 131. The van der Waals surface area contributed by atoms with Crippen LogP contribution in [0.2, 0.25) is 0 Å². The average molecular weight is 191 g/mol. The largest absolute Gasteiger partial charge is 0.293 e. The fourth-order valence-corrected chi connectivity index (χ4v) is 1.20. The predicted molar refractivity (Wildman–Crippen MR) is 42.8 cm³/mol. The second-order valence-electron chi connectivity index (χ2n) is 2.48. The zero-order valence-corrected chi connectivity index (χ0v) is 7.35. The Morgan fingerprint density at radius 2 is 2.33 bits per heavy atom. The first-order valence-corrected chi connectivity index (χ1v) is 3.99. The lowest BCUT2D eigenvalue weighted by Crippen LogP contribution is -2.22. The van der Waals surface area contributed by atoms with Gasteiger partial charge >= 0.3 is 0 Å². The van der Waals surface area contributed by atoms with Gasteiger partial charge in [0.1, 0.15) is 4.62 Å². The molecule has 0 aromatic heterocycles. The summed E-state index contributed by atoms with van der Waals surface area (Å²) in [4.78, 5) is 0. The van der Waals surface area contributed by atoms with E-state index in [1.54, 1.807) is 0 Å². The van der Waals surface area contributed by atoms with Crippen LogP contribution in [-0.4, -0.2) is 22.2 Å². The lowest BCUT2D eigenvalue weighted by Gasteiger charge is -2.16. The van der Waals surface area contributed by atoms with Crippen molar-refractivity contribution in [1.29, 1.82) is 0 Å². The lowest BCUT2D eigenvalue weighted by molar-refractivity contribution is 0.258. The molecule has 0 atom stereocenters. The highest BCUT2D eigenvalue weighted by molar-refractivity contribution is 9.18. The number of rotatable bonds is 1. The van der Waals surface area contributed by atoms with Crippen LogP contribution < -0.4 is 0 Å². The molecular weight excluding hydrogens is 180 g/mol. The normalized spacial score (nSPS) is 19.1. The highest BCUT2D eigenvalue weighted by Crippen LogP contribution is 2.12. The maximum absolute atomic E-state index is 4.25. The van der Waals surface area contributed by atoms with Crippen molar-refractivity contribution in [3.8, 4) is 0 Å². The summed E-state index contributed by atoms with van der Waals surface area (Å²) in [7, 11) is 0. The van der Waals surface area contributed by atoms with Crippen LogP contribution in [0.25, 0.3) is 0 Å². The summed E-state index contributed by atoms with van der Waals surface area (Å²) in [5.74, 6) is 0. The summed E-state index contributed by atoms with van der Waals surface area (Å²) < 4.78 is 1.08. The third kappa shape index (κ3) is 1.68. The van der Waals surface area contributed by atoms with Gasteiger partial charge in [0, 0.05) is 19.0 Å². The standard InChI is InChI=1S/C6H11BrN2/c1-5(2)9-4-3-6(7)8-9/h5H,3-4H2,1-2H3. The average Bonchev–Trinajstić information content (AvgIpc) is 2.14. The minimum absolute atomic E-state index is 0.542. The number of hydrogen-bond donors (Lipinski definition) is 0. The van der Waals surface area contributed by atoms with Gasteiger partial charge < -0.3 is 0 Å². The maximum Gasteiger partial charge on any atom is 0.105 e. The van der Waals surface area contributed by atoms with E-state index in [9.17, 15) is 0 Å². The van der Waals surface area contributed by atoms with E-state index in [1.165, 1.54) is 0 Å². The van der Waals surface area contributed by atoms with Gasteiger partial charge in [0.05, 0.1) is 0 Å². The highest BCUT2D eigenvalue weighted by atomic mass is 79.9. The van der Waals surface area contributed by atoms with Crippen LogP contribution in [0, 0.1) is 0 Å². The summed E-state index contributed by atoms with van der Waals surface area (Å²) >= 11 is 3.36. The summed E-state index contributed by atoms with van der Waals surface area (Å²) in [5.41, 5.74) is 0. The van der Waals surface area contributed by atoms with Crippen molar-refractivity contribution in [2.75, 3.05) is 6.54 Å². The molecule has 0 radical (unpaired) electrons. The van der Waals surface area contributed by atoms with Gasteiger partial charge in [0.25, 0.3) is 0 Å². The van der Waals surface area contributed by atoms with Crippen molar-refractivity contribution >= 4 is 20.6 Å². The molecule has 9 heavy (non-hydrogen) atoms. The Morgan fingerprint density at radius 3 is 2.56 bits per heavy atom.